The maximum atomic E-state index is 12.2. The first-order valence-corrected chi connectivity index (χ1v) is 7.64. The highest BCUT2D eigenvalue weighted by molar-refractivity contribution is 9.10. The second kappa shape index (κ2) is 5.35. The lowest BCUT2D eigenvalue weighted by Crippen LogP contribution is -2.28. The fraction of sp³-hybridized carbons (Fsp3) is 0.300. The van der Waals surface area contributed by atoms with Gasteiger partial charge in [-0.05, 0) is 28.9 Å². The van der Waals surface area contributed by atoms with Gasteiger partial charge in [0.05, 0.1) is 6.04 Å². The van der Waals surface area contributed by atoms with Crippen LogP contribution in [0.15, 0.2) is 34.2 Å². The van der Waals surface area contributed by atoms with E-state index in [1.807, 2.05) is 0 Å². The Morgan fingerprint density at radius 1 is 1.42 bits per heavy atom. The Morgan fingerprint density at radius 3 is 2.74 bits per heavy atom. The first-order chi connectivity index (χ1) is 8.90. The number of aryl methyl sites for hydroxylation is 1. The molecule has 1 unspecified atom stereocenters. The molecule has 0 saturated heterocycles. The minimum Gasteiger partial charge on any atom is -0.319 e. The maximum Gasteiger partial charge on any atom is 0.242 e. The highest BCUT2D eigenvalue weighted by atomic mass is 79.9. The first kappa shape index (κ1) is 14.1. The summed E-state index contributed by atoms with van der Waals surface area (Å²) in [6, 6.07) is 0.995. The number of aromatic nitrogens is 4. The summed E-state index contributed by atoms with van der Waals surface area (Å²) in [7, 11) is -1.90. The average Bonchev–Trinajstić information content (AvgIpc) is 2.75. The smallest absolute Gasteiger partial charge is 0.242 e. The van der Waals surface area contributed by atoms with E-state index in [-0.39, 0.29) is 4.90 Å². The van der Waals surface area contributed by atoms with Crippen LogP contribution in [0.1, 0.15) is 18.8 Å². The fourth-order valence-corrected chi connectivity index (χ4v) is 3.28. The first-order valence-electron chi connectivity index (χ1n) is 5.37. The van der Waals surface area contributed by atoms with Crippen molar-refractivity contribution in [3.05, 3.63) is 35.1 Å². The molecule has 7 nitrogen and oxygen atoms in total. The maximum absolute atomic E-state index is 12.2. The molecule has 0 aromatic carbocycles. The van der Waals surface area contributed by atoms with Crippen LogP contribution in [0, 0.1) is 0 Å². The third-order valence-corrected chi connectivity index (χ3v) is 4.40. The summed E-state index contributed by atoms with van der Waals surface area (Å²) in [4.78, 5) is 3.93. The minimum atomic E-state index is -3.65. The van der Waals surface area contributed by atoms with E-state index < -0.39 is 16.1 Å². The lowest BCUT2D eigenvalue weighted by atomic mass is 10.3. The van der Waals surface area contributed by atoms with Crippen molar-refractivity contribution in [2.75, 3.05) is 0 Å². The molecular weight excluding hydrogens is 334 g/mol. The average molecular weight is 346 g/mol. The lowest BCUT2D eigenvalue weighted by molar-refractivity contribution is 0.553. The second-order valence-corrected chi connectivity index (χ2v) is 6.61. The topological polar surface area (TPSA) is 89.8 Å². The van der Waals surface area contributed by atoms with E-state index in [9.17, 15) is 8.42 Å². The molecule has 19 heavy (non-hydrogen) atoms. The number of sulfonamides is 1. The largest absolute Gasteiger partial charge is 0.319 e. The van der Waals surface area contributed by atoms with Gasteiger partial charge < -0.3 is 4.57 Å². The Bertz CT molecular complexity index is 685. The van der Waals surface area contributed by atoms with Crippen LogP contribution in [0.4, 0.5) is 0 Å². The third-order valence-electron chi connectivity index (χ3n) is 2.46. The van der Waals surface area contributed by atoms with Crippen LogP contribution in [0.5, 0.6) is 0 Å². The van der Waals surface area contributed by atoms with Crippen molar-refractivity contribution in [2.24, 2.45) is 7.05 Å². The Hall–Kier alpha value is -1.32. The molecule has 1 N–H and O–H groups in total. The normalized spacial score (nSPS) is 13.4. The van der Waals surface area contributed by atoms with E-state index in [0.29, 0.717) is 10.3 Å². The van der Waals surface area contributed by atoms with Gasteiger partial charge in [0.25, 0.3) is 0 Å². The van der Waals surface area contributed by atoms with Gasteiger partial charge in [-0.2, -0.15) is 0 Å². The number of hydrogen-bond donors (Lipinski definition) is 1. The van der Waals surface area contributed by atoms with Crippen LogP contribution >= 0.6 is 15.9 Å². The van der Waals surface area contributed by atoms with Crippen LogP contribution in [-0.4, -0.2) is 28.2 Å². The highest BCUT2D eigenvalue weighted by Crippen LogP contribution is 2.17. The fourth-order valence-electron chi connectivity index (χ4n) is 1.58. The van der Waals surface area contributed by atoms with Crippen LogP contribution in [0.3, 0.4) is 0 Å². The van der Waals surface area contributed by atoms with Gasteiger partial charge >= 0.3 is 0 Å². The Labute approximate surface area is 119 Å². The minimum absolute atomic E-state index is 0.0934. The molecular formula is C10H12BrN5O2S. The van der Waals surface area contributed by atoms with Crippen LogP contribution in [-0.2, 0) is 17.1 Å². The molecule has 0 saturated carbocycles. The lowest BCUT2D eigenvalue weighted by Gasteiger charge is -2.13. The number of pyridine rings is 1. The van der Waals surface area contributed by atoms with Gasteiger partial charge in [-0.3, -0.25) is 4.98 Å². The summed E-state index contributed by atoms with van der Waals surface area (Å²) < 4.78 is 29.1. The molecule has 0 aliphatic heterocycles. The Morgan fingerprint density at radius 2 is 2.16 bits per heavy atom. The van der Waals surface area contributed by atoms with Crippen molar-refractivity contribution in [1.29, 1.82) is 0 Å². The van der Waals surface area contributed by atoms with E-state index >= 15 is 0 Å². The summed E-state index contributed by atoms with van der Waals surface area (Å²) in [5.74, 6) is 0.534. The van der Waals surface area contributed by atoms with E-state index in [0.717, 1.165) is 0 Å². The number of halogens is 1. The Kier molecular flexibility index (Phi) is 3.97. The van der Waals surface area contributed by atoms with E-state index in [1.54, 1.807) is 18.5 Å². The molecule has 0 amide bonds. The van der Waals surface area contributed by atoms with E-state index in [4.69, 9.17) is 0 Å². The zero-order valence-corrected chi connectivity index (χ0v) is 12.7. The third kappa shape index (κ3) is 3.17. The number of hydrogen-bond acceptors (Lipinski definition) is 5. The standard InChI is InChI=1S/C10H12BrN5O2S/c1-7(10-14-13-6-16(10)2)15-19(17,18)9-3-8(11)4-12-5-9/h3-7,15H,1-2H3. The summed E-state index contributed by atoms with van der Waals surface area (Å²) in [6.45, 7) is 1.70. The monoisotopic (exact) mass is 345 g/mol. The summed E-state index contributed by atoms with van der Waals surface area (Å²) in [5, 5.41) is 7.59. The van der Waals surface area contributed by atoms with Gasteiger partial charge in [0.1, 0.15) is 17.0 Å². The molecule has 1 atom stereocenters. The molecule has 0 spiro atoms. The van der Waals surface area contributed by atoms with E-state index in [2.05, 4.69) is 35.8 Å². The molecule has 0 aliphatic carbocycles. The molecule has 102 valence electrons. The van der Waals surface area contributed by atoms with Crippen molar-refractivity contribution in [3.8, 4) is 0 Å². The molecule has 9 heteroatoms. The van der Waals surface area contributed by atoms with Gasteiger partial charge in [0, 0.05) is 23.9 Å². The summed E-state index contributed by atoms with van der Waals surface area (Å²) >= 11 is 3.19. The van der Waals surface area contributed by atoms with Gasteiger partial charge in [-0.25, -0.2) is 13.1 Å². The quantitative estimate of drug-likeness (QED) is 0.893. The SMILES string of the molecule is CC(NS(=O)(=O)c1cncc(Br)c1)c1nncn1C. The van der Waals surface area contributed by atoms with Crippen LogP contribution < -0.4 is 4.72 Å². The van der Waals surface area contributed by atoms with Crippen LogP contribution in [0.2, 0.25) is 0 Å². The van der Waals surface area contributed by atoms with Crippen molar-refractivity contribution in [1.82, 2.24) is 24.5 Å². The van der Waals surface area contributed by atoms with Gasteiger partial charge in [0.15, 0.2) is 0 Å². The summed E-state index contributed by atoms with van der Waals surface area (Å²) in [5.41, 5.74) is 0. The van der Waals surface area contributed by atoms with E-state index in [1.165, 1.54) is 24.8 Å². The molecule has 2 rings (SSSR count). The number of nitrogens with zero attached hydrogens (tertiary/aromatic N) is 4. The second-order valence-electron chi connectivity index (χ2n) is 3.98. The zero-order valence-electron chi connectivity index (χ0n) is 10.3. The van der Waals surface area contributed by atoms with Gasteiger partial charge in [0.2, 0.25) is 10.0 Å². The molecule has 2 heterocycles. The number of nitrogens with one attached hydrogen (secondary N) is 1. The predicted molar refractivity (Wildman–Crippen MR) is 71.7 cm³/mol. The molecule has 0 aliphatic rings. The molecule has 2 aromatic heterocycles. The highest BCUT2D eigenvalue weighted by Gasteiger charge is 2.21. The zero-order chi connectivity index (χ0) is 14.0. The van der Waals surface area contributed by atoms with Crippen LogP contribution in [0.25, 0.3) is 0 Å². The van der Waals surface area contributed by atoms with Crippen molar-refractivity contribution in [3.63, 3.8) is 0 Å². The van der Waals surface area contributed by atoms with Crippen molar-refractivity contribution < 1.29 is 8.42 Å². The molecule has 0 radical (unpaired) electrons. The van der Waals surface area contributed by atoms with Gasteiger partial charge in [-0.15, -0.1) is 10.2 Å². The predicted octanol–water partition coefficient (Wildman–Crippen LogP) is 1.01. The van der Waals surface area contributed by atoms with Crippen molar-refractivity contribution >= 4 is 26.0 Å². The summed E-state index contributed by atoms with van der Waals surface area (Å²) in [6.07, 6.45) is 4.32. The number of rotatable bonds is 4. The molecule has 0 bridgehead atoms. The molecule has 0 fully saturated rings. The van der Waals surface area contributed by atoms with Gasteiger partial charge in [-0.1, -0.05) is 0 Å². The molecule has 2 aromatic rings. The van der Waals surface area contributed by atoms with Crippen molar-refractivity contribution in [2.45, 2.75) is 17.9 Å². The Balaban J connectivity index is 2.25.